The van der Waals surface area contributed by atoms with Crippen LogP contribution in [0.4, 0.5) is 0 Å². The molecule has 0 heterocycles. The van der Waals surface area contributed by atoms with Crippen LogP contribution < -0.4 is 24.0 Å². The molecule has 0 saturated carbocycles. The van der Waals surface area contributed by atoms with Gasteiger partial charge in [0.2, 0.25) is 0 Å². The molecule has 0 aromatic carbocycles. The number of rotatable bonds is 38. The first-order valence-corrected chi connectivity index (χ1v) is 21.4. The number of ether oxygens (including phenoxy) is 2. The van der Waals surface area contributed by atoms with Crippen LogP contribution in [0, 0.1) is 0 Å². The van der Waals surface area contributed by atoms with Crippen LogP contribution in [0.1, 0.15) is 226 Å². The molecule has 0 bridgehead atoms. The Bertz CT molecular complexity index is 696. The average molecular weight is 808 g/mol. The van der Waals surface area contributed by atoms with E-state index in [1.54, 1.807) is 0 Å². The lowest BCUT2D eigenvalue weighted by Crippen LogP contribution is -3.00. The molecule has 6 heteroatoms. The monoisotopic (exact) mass is 808 g/mol. The Morgan fingerprint density at radius 3 is 1.08 bits per heavy atom. The predicted molar refractivity (Wildman–Crippen MR) is 207 cm³/mol. The van der Waals surface area contributed by atoms with Gasteiger partial charge in [0.15, 0.2) is 6.10 Å². The Hall–Kier alpha value is -0.370. The number of hydrogen-bond acceptors (Lipinski definition) is 4. The van der Waals surface area contributed by atoms with Crippen molar-refractivity contribution in [3.8, 4) is 0 Å². The van der Waals surface area contributed by atoms with E-state index in [1.165, 1.54) is 173 Å². The summed E-state index contributed by atoms with van der Waals surface area (Å²) in [5.74, 6) is -0.414. The van der Waals surface area contributed by atoms with Crippen LogP contribution in [0.3, 0.4) is 0 Å². The van der Waals surface area contributed by atoms with Crippen molar-refractivity contribution in [2.45, 2.75) is 232 Å². The van der Waals surface area contributed by atoms with Crippen LogP contribution >= 0.6 is 0 Å². The van der Waals surface area contributed by atoms with Crippen molar-refractivity contribution in [3.05, 3.63) is 0 Å². The fourth-order valence-electron chi connectivity index (χ4n) is 6.72. The Labute approximate surface area is 324 Å². The molecular weight excluding hydrogens is 721 g/mol. The van der Waals surface area contributed by atoms with Gasteiger partial charge in [0.05, 0.1) is 34.2 Å². The van der Waals surface area contributed by atoms with Crippen molar-refractivity contribution in [3.63, 3.8) is 0 Å². The number of carbonyl (C=O) groups is 2. The second-order valence-corrected chi connectivity index (χ2v) is 16.0. The van der Waals surface area contributed by atoms with Gasteiger partial charge in [0.25, 0.3) is 0 Å². The Morgan fingerprint density at radius 1 is 0.449 bits per heavy atom. The molecule has 0 saturated heterocycles. The third-order valence-electron chi connectivity index (χ3n) is 9.69. The summed E-state index contributed by atoms with van der Waals surface area (Å²) >= 11 is 0. The van der Waals surface area contributed by atoms with Crippen LogP contribution in [-0.4, -0.2) is 56.8 Å². The highest BCUT2D eigenvalue weighted by molar-refractivity contribution is 5.72. The fraction of sp³-hybridized carbons (Fsp3) is 0.953. The van der Waals surface area contributed by atoms with Gasteiger partial charge in [-0.05, 0) is 12.8 Å². The van der Waals surface area contributed by atoms with Crippen molar-refractivity contribution in [2.24, 2.45) is 0 Å². The topological polar surface area (TPSA) is 52.6 Å². The number of carbonyl (C=O) groups excluding carboxylic acids is 2. The number of quaternary nitrogens is 1. The zero-order valence-electron chi connectivity index (χ0n) is 33.8. The zero-order valence-corrected chi connectivity index (χ0v) is 35.9. The number of nitrogens with zero attached hydrogens (tertiary/aromatic N) is 1. The normalized spacial score (nSPS) is 12.1. The van der Waals surface area contributed by atoms with E-state index in [9.17, 15) is 9.59 Å². The molecule has 0 unspecified atom stereocenters. The van der Waals surface area contributed by atoms with Crippen molar-refractivity contribution in [2.75, 3.05) is 34.3 Å². The highest BCUT2D eigenvalue weighted by atomic mass is 127. The Morgan fingerprint density at radius 2 is 0.755 bits per heavy atom. The van der Waals surface area contributed by atoms with Gasteiger partial charge in [-0.15, -0.1) is 0 Å². The third-order valence-corrected chi connectivity index (χ3v) is 9.69. The summed E-state index contributed by atoms with van der Waals surface area (Å²) < 4.78 is 12.0. The molecule has 0 radical (unpaired) electrons. The lowest BCUT2D eigenvalue weighted by molar-refractivity contribution is -0.873. The van der Waals surface area contributed by atoms with E-state index in [0.29, 0.717) is 24.1 Å². The van der Waals surface area contributed by atoms with Gasteiger partial charge in [0.1, 0.15) is 6.54 Å². The molecule has 0 aliphatic rings. The SMILES string of the molecule is CCCCCCCCCCCCCCCCCCOC(=O)C[C@@H](C[N+](C)(C)C)OC(=O)CCCCCCCCCCCCCCCCC.[I-]. The maximum Gasteiger partial charge on any atom is 0.309 e. The van der Waals surface area contributed by atoms with Crippen molar-refractivity contribution < 1.29 is 47.5 Å². The van der Waals surface area contributed by atoms with Gasteiger partial charge < -0.3 is 37.9 Å². The fourth-order valence-corrected chi connectivity index (χ4v) is 6.72. The van der Waals surface area contributed by atoms with Gasteiger partial charge in [-0.2, -0.15) is 0 Å². The minimum absolute atomic E-state index is 0. The largest absolute Gasteiger partial charge is 1.00 e. The van der Waals surface area contributed by atoms with Crippen molar-refractivity contribution >= 4 is 11.9 Å². The number of likely N-dealkylation sites (N-methyl/N-ethyl adjacent to an activating group) is 1. The zero-order chi connectivity index (χ0) is 35.4. The number of hydrogen-bond donors (Lipinski definition) is 0. The van der Waals surface area contributed by atoms with Crippen molar-refractivity contribution in [1.29, 1.82) is 0 Å². The minimum Gasteiger partial charge on any atom is -1.00 e. The minimum atomic E-state index is -0.424. The molecule has 0 aliphatic carbocycles. The second-order valence-electron chi connectivity index (χ2n) is 16.0. The molecule has 0 fully saturated rings. The van der Waals surface area contributed by atoms with Crippen molar-refractivity contribution in [1.82, 2.24) is 0 Å². The summed E-state index contributed by atoms with van der Waals surface area (Å²) in [7, 11) is 6.20. The summed E-state index contributed by atoms with van der Waals surface area (Å²) in [4.78, 5) is 25.2. The highest BCUT2D eigenvalue weighted by Gasteiger charge is 2.25. The maximum absolute atomic E-state index is 12.6. The molecule has 0 rings (SSSR count). The van der Waals surface area contributed by atoms with Gasteiger partial charge in [-0.25, -0.2) is 0 Å². The summed E-state index contributed by atoms with van der Waals surface area (Å²) in [6, 6.07) is 0. The molecule has 0 amide bonds. The molecule has 49 heavy (non-hydrogen) atoms. The van der Waals surface area contributed by atoms with Crippen LogP contribution in [-0.2, 0) is 19.1 Å². The van der Waals surface area contributed by atoms with E-state index in [0.717, 1.165) is 25.7 Å². The van der Waals surface area contributed by atoms with E-state index >= 15 is 0 Å². The maximum atomic E-state index is 12.6. The molecule has 294 valence electrons. The van der Waals surface area contributed by atoms with Crippen LogP contribution in [0.5, 0.6) is 0 Å². The molecule has 0 aromatic rings. The first kappa shape index (κ1) is 50.7. The van der Waals surface area contributed by atoms with Gasteiger partial charge in [-0.3, -0.25) is 9.59 Å². The third kappa shape index (κ3) is 41.9. The van der Waals surface area contributed by atoms with E-state index in [2.05, 4.69) is 35.0 Å². The standard InChI is InChI=1S/C43H86NO4.HI/c1-6-8-10-12-14-16-18-20-22-24-26-28-30-32-34-36-38-47-43(46)39-41(40-44(3,4)5)48-42(45)37-35-33-31-29-27-25-23-21-19-17-15-13-11-9-7-2;/h41H,6-40H2,1-5H3;1H/q+1;/p-1/t41-;/m0./s1. The number of esters is 2. The Balaban J connectivity index is 0. The number of halogens is 1. The van der Waals surface area contributed by atoms with E-state index in [4.69, 9.17) is 9.47 Å². The first-order valence-electron chi connectivity index (χ1n) is 21.4. The summed E-state index contributed by atoms with van der Waals surface area (Å²) in [5, 5.41) is 0. The molecule has 0 N–H and O–H groups in total. The van der Waals surface area contributed by atoms with Crippen LogP contribution in [0.15, 0.2) is 0 Å². The van der Waals surface area contributed by atoms with Crippen LogP contribution in [0.25, 0.3) is 0 Å². The smallest absolute Gasteiger partial charge is 0.309 e. The summed E-state index contributed by atoms with van der Waals surface area (Å²) in [6.07, 6.45) is 41.1. The van der Waals surface area contributed by atoms with E-state index in [-0.39, 0.29) is 42.3 Å². The molecule has 5 nitrogen and oxygen atoms in total. The quantitative estimate of drug-likeness (QED) is 0.0270. The number of unbranched alkanes of at least 4 members (excludes halogenated alkanes) is 29. The Kier molecular flexibility index (Phi) is 40.2. The van der Waals surface area contributed by atoms with E-state index < -0.39 is 6.10 Å². The summed E-state index contributed by atoms with van der Waals surface area (Å²) in [5.41, 5.74) is 0. The average Bonchev–Trinajstić information content (AvgIpc) is 3.03. The van der Waals surface area contributed by atoms with E-state index in [1.807, 2.05) is 0 Å². The molecular formula is C43H86INO4. The second kappa shape index (κ2) is 38.9. The first-order chi connectivity index (χ1) is 23.3. The molecule has 0 aromatic heterocycles. The lowest BCUT2D eigenvalue weighted by Gasteiger charge is -2.28. The van der Waals surface area contributed by atoms with Gasteiger partial charge >= 0.3 is 11.9 Å². The predicted octanol–water partition coefficient (Wildman–Crippen LogP) is 10.1. The lowest BCUT2D eigenvalue weighted by atomic mass is 10.0. The molecule has 0 spiro atoms. The van der Waals surface area contributed by atoms with Gasteiger partial charge in [0, 0.05) is 6.42 Å². The summed E-state index contributed by atoms with van der Waals surface area (Å²) in [6.45, 7) is 5.65. The molecule has 0 aliphatic heterocycles. The van der Waals surface area contributed by atoms with Gasteiger partial charge in [-0.1, -0.05) is 200 Å². The molecule has 1 atom stereocenters. The highest BCUT2D eigenvalue weighted by Crippen LogP contribution is 2.16. The van der Waals surface area contributed by atoms with Crippen LogP contribution in [0.2, 0.25) is 0 Å².